The molecule has 3 aliphatic rings. The van der Waals surface area contributed by atoms with Gasteiger partial charge in [-0.1, -0.05) is 30.7 Å². The summed E-state index contributed by atoms with van der Waals surface area (Å²) < 4.78 is 0. The molecule has 2 N–H and O–H groups in total. The summed E-state index contributed by atoms with van der Waals surface area (Å²) in [6, 6.07) is 8.86. The summed E-state index contributed by atoms with van der Waals surface area (Å²) in [7, 11) is 0. The molecule has 21 heavy (non-hydrogen) atoms. The molecule has 0 spiro atoms. The van der Waals surface area contributed by atoms with Crippen molar-refractivity contribution in [3.8, 4) is 0 Å². The number of fused-ring (bicyclic) bond motifs is 2. The molecule has 1 aromatic carbocycles. The molecule has 1 aromatic rings. The van der Waals surface area contributed by atoms with Crippen LogP contribution in [0.15, 0.2) is 24.3 Å². The highest BCUT2D eigenvalue weighted by Gasteiger charge is 2.56. The Bertz CT molecular complexity index is 523. The normalized spacial score (nSPS) is 32.6. The molecule has 2 aliphatic carbocycles. The van der Waals surface area contributed by atoms with E-state index in [1.54, 1.807) is 0 Å². The standard InChI is InChI=1S/C17H22N2O.ClH/c20-17(16-13-6-3-7-14(13)16)19-10-15-12-5-2-1-4-11(12)8-9-18-15;/h1-2,4-5,13-16,18H,3,6-10H2,(H,19,20);1H. The predicted molar refractivity (Wildman–Crippen MR) is 85.5 cm³/mol. The molecule has 1 aliphatic heterocycles. The first kappa shape index (κ1) is 14.9. The minimum Gasteiger partial charge on any atom is -0.354 e. The van der Waals surface area contributed by atoms with E-state index in [1.165, 1.54) is 30.4 Å². The van der Waals surface area contributed by atoms with E-state index in [0.29, 0.717) is 23.7 Å². The van der Waals surface area contributed by atoms with Crippen LogP contribution < -0.4 is 10.6 Å². The number of benzene rings is 1. The van der Waals surface area contributed by atoms with Crippen LogP contribution >= 0.6 is 12.4 Å². The van der Waals surface area contributed by atoms with Gasteiger partial charge in [0.2, 0.25) is 5.91 Å². The van der Waals surface area contributed by atoms with Crippen LogP contribution in [0.2, 0.25) is 0 Å². The summed E-state index contributed by atoms with van der Waals surface area (Å²) in [6.45, 7) is 1.73. The van der Waals surface area contributed by atoms with Crippen LogP contribution in [-0.4, -0.2) is 19.0 Å². The average Bonchev–Trinajstić information content (AvgIpc) is 2.97. The Labute approximate surface area is 132 Å². The second-order valence-electron chi connectivity index (χ2n) is 6.49. The Hall–Kier alpha value is -1.06. The van der Waals surface area contributed by atoms with Crippen LogP contribution in [0.5, 0.6) is 0 Å². The Morgan fingerprint density at radius 2 is 2.00 bits per heavy atom. The van der Waals surface area contributed by atoms with E-state index in [2.05, 4.69) is 34.9 Å². The zero-order chi connectivity index (χ0) is 13.5. The zero-order valence-electron chi connectivity index (χ0n) is 12.2. The Balaban J connectivity index is 0.00000132. The summed E-state index contributed by atoms with van der Waals surface area (Å²) in [5.74, 6) is 2.05. The van der Waals surface area contributed by atoms with E-state index in [9.17, 15) is 4.79 Å². The van der Waals surface area contributed by atoms with Gasteiger partial charge in [-0.2, -0.15) is 0 Å². The van der Waals surface area contributed by atoms with Crippen molar-refractivity contribution in [1.29, 1.82) is 0 Å². The van der Waals surface area contributed by atoms with Gasteiger partial charge in [-0.05, 0) is 48.8 Å². The summed E-state index contributed by atoms with van der Waals surface area (Å²) in [5.41, 5.74) is 2.78. The maximum atomic E-state index is 12.2. The minimum absolute atomic E-state index is 0. The molecule has 0 radical (unpaired) electrons. The zero-order valence-corrected chi connectivity index (χ0v) is 13.0. The third-order valence-corrected chi connectivity index (χ3v) is 5.41. The lowest BCUT2D eigenvalue weighted by Gasteiger charge is -2.27. The van der Waals surface area contributed by atoms with Crippen molar-refractivity contribution < 1.29 is 4.79 Å². The van der Waals surface area contributed by atoms with Crippen molar-refractivity contribution >= 4 is 18.3 Å². The Kier molecular flexibility index (Phi) is 4.23. The van der Waals surface area contributed by atoms with E-state index in [4.69, 9.17) is 0 Å². The molecule has 0 bridgehead atoms. The van der Waals surface area contributed by atoms with Gasteiger partial charge >= 0.3 is 0 Å². The van der Waals surface area contributed by atoms with E-state index in [0.717, 1.165) is 19.5 Å². The minimum atomic E-state index is 0. The number of hydrogen-bond acceptors (Lipinski definition) is 2. The number of amides is 1. The number of rotatable bonds is 3. The van der Waals surface area contributed by atoms with Crippen molar-refractivity contribution in [1.82, 2.24) is 10.6 Å². The number of carbonyl (C=O) groups excluding carboxylic acids is 1. The van der Waals surface area contributed by atoms with Crippen LogP contribution in [-0.2, 0) is 11.2 Å². The van der Waals surface area contributed by atoms with E-state index in [-0.39, 0.29) is 18.4 Å². The van der Waals surface area contributed by atoms with Gasteiger partial charge in [0.25, 0.3) is 0 Å². The van der Waals surface area contributed by atoms with Gasteiger partial charge in [-0.15, -0.1) is 12.4 Å². The van der Waals surface area contributed by atoms with Gasteiger partial charge in [0, 0.05) is 18.5 Å². The average molecular weight is 307 g/mol. The molecule has 3 unspecified atom stereocenters. The first-order chi connectivity index (χ1) is 9.84. The van der Waals surface area contributed by atoms with E-state index < -0.39 is 0 Å². The number of hydrogen-bond donors (Lipinski definition) is 2. The molecule has 2 fully saturated rings. The largest absolute Gasteiger partial charge is 0.354 e. The third kappa shape index (κ3) is 2.69. The number of nitrogens with one attached hydrogen (secondary N) is 2. The van der Waals surface area contributed by atoms with Crippen LogP contribution in [0.3, 0.4) is 0 Å². The van der Waals surface area contributed by atoms with Crippen LogP contribution in [0, 0.1) is 17.8 Å². The van der Waals surface area contributed by atoms with Gasteiger partial charge in [-0.25, -0.2) is 0 Å². The fraction of sp³-hybridized carbons (Fsp3) is 0.588. The van der Waals surface area contributed by atoms with Gasteiger partial charge in [-0.3, -0.25) is 4.79 Å². The van der Waals surface area contributed by atoms with Gasteiger partial charge in [0.15, 0.2) is 0 Å². The molecular weight excluding hydrogens is 284 g/mol. The van der Waals surface area contributed by atoms with Crippen molar-refractivity contribution in [3.63, 3.8) is 0 Å². The predicted octanol–water partition coefficient (Wildman–Crippen LogP) is 2.46. The second-order valence-corrected chi connectivity index (χ2v) is 6.49. The Morgan fingerprint density at radius 3 is 2.81 bits per heavy atom. The molecule has 3 atom stereocenters. The maximum Gasteiger partial charge on any atom is 0.223 e. The van der Waals surface area contributed by atoms with Crippen LogP contribution in [0.25, 0.3) is 0 Å². The second kappa shape index (κ2) is 5.98. The van der Waals surface area contributed by atoms with Crippen molar-refractivity contribution in [3.05, 3.63) is 35.4 Å². The molecule has 4 rings (SSSR count). The highest BCUT2D eigenvalue weighted by molar-refractivity contribution is 5.85. The monoisotopic (exact) mass is 306 g/mol. The van der Waals surface area contributed by atoms with E-state index in [1.807, 2.05) is 0 Å². The molecule has 1 amide bonds. The van der Waals surface area contributed by atoms with E-state index >= 15 is 0 Å². The summed E-state index contributed by atoms with van der Waals surface area (Å²) in [5, 5.41) is 6.71. The maximum absolute atomic E-state index is 12.2. The molecular formula is C17H23ClN2O. The molecule has 1 heterocycles. The molecule has 114 valence electrons. The van der Waals surface area contributed by atoms with Gasteiger partial charge < -0.3 is 10.6 Å². The lowest BCUT2D eigenvalue weighted by Crippen LogP contribution is -2.39. The summed E-state index contributed by atoms with van der Waals surface area (Å²) in [4.78, 5) is 12.2. The van der Waals surface area contributed by atoms with Crippen molar-refractivity contribution in [2.75, 3.05) is 13.1 Å². The molecule has 4 heteroatoms. The number of halogens is 1. The quantitative estimate of drug-likeness (QED) is 0.900. The van der Waals surface area contributed by atoms with Crippen LogP contribution in [0.1, 0.15) is 36.4 Å². The summed E-state index contributed by atoms with van der Waals surface area (Å²) >= 11 is 0. The first-order valence-electron chi connectivity index (χ1n) is 7.93. The van der Waals surface area contributed by atoms with Gasteiger partial charge in [0.1, 0.15) is 0 Å². The fourth-order valence-corrected chi connectivity index (χ4v) is 4.31. The lowest BCUT2D eigenvalue weighted by atomic mass is 9.94. The SMILES string of the molecule is Cl.O=C(NCC1NCCc2ccccc21)C1C2CCCC21. The third-order valence-electron chi connectivity index (χ3n) is 5.41. The van der Waals surface area contributed by atoms with Crippen molar-refractivity contribution in [2.45, 2.75) is 31.7 Å². The highest BCUT2D eigenvalue weighted by atomic mass is 35.5. The number of carbonyl (C=O) groups is 1. The first-order valence-corrected chi connectivity index (χ1v) is 7.93. The van der Waals surface area contributed by atoms with Gasteiger partial charge in [0.05, 0.1) is 0 Å². The fourth-order valence-electron chi connectivity index (χ4n) is 4.31. The Morgan fingerprint density at radius 1 is 1.24 bits per heavy atom. The molecule has 0 saturated heterocycles. The summed E-state index contributed by atoms with van der Waals surface area (Å²) in [6.07, 6.45) is 4.96. The smallest absolute Gasteiger partial charge is 0.223 e. The molecule has 2 saturated carbocycles. The molecule has 3 nitrogen and oxygen atoms in total. The molecule has 0 aromatic heterocycles. The lowest BCUT2D eigenvalue weighted by molar-refractivity contribution is -0.123. The highest BCUT2D eigenvalue weighted by Crippen LogP contribution is 2.57. The topological polar surface area (TPSA) is 41.1 Å². The van der Waals surface area contributed by atoms with Crippen molar-refractivity contribution in [2.24, 2.45) is 17.8 Å². The van der Waals surface area contributed by atoms with Crippen LogP contribution in [0.4, 0.5) is 0 Å².